The zero-order valence-electron chi connectivity index (χ0n) is 11.8. The Kier molecular flexibility index (Phi) is 5.37. The molecule has 1 atom stereocenters. The Balaban J connectivity index is 2.06. The van der Waals surface area contributed by atoms with Crippen LogP contribution in [0.15, 0.2) is 12.3 Å². The van der Waals surface area contributed by atoms with E-state index >= 15 is 0 Å². The molecule has 0 aliphatic carbocycles. The first-order chi connectivity index (χ1) is 9.06. The summed E-state index contributed by atoms with van der Waals surface area (Å²) in [5.74, 6) is 2.08. The average Bonchev–Trinajstić information content (AvgIpc) is 2.36. The van der Waals surface area contributed by atoms with Crippen molar-refractivity contribution in [1.29, 1.82) is 0 Å². The van der Waals surface area contributed by atoms with Crippen LogP contribution in [0.5, 0.6) is 0 Å². The van der Waals surface area contributed by atoms with Crippen molar-refractivity contribution in [3.8, 4) is 0 Å². The van der Waals surface area contributed by atoms with Gasteiger partial charge in [0.2, 0.25) is 0 Å². The highest BCUT2D eigenvalue weighted by Gasteiger charge is 2.20. The molecule has 0 bridgehead atoms. The lowest BCUT2D eigenvalue weighted by molar-refractivity contribution is 0.588. The highest BCUT2D eigenvalue weighted by molar-refractivity contribution is 8.00. The van der Waals surface area contributed by atoms with Gasteiger partial charge < -0.3 is 10.2 Å². The lowest BCUT2D eigenvalue weighted by Crippen LogP contribution is -2.37. The van der Waals surface area contributed by atoms with Crippen molar-refractivity contribution < 1.29 is 0 Å². The van der Waals surface area contributed by atoms with Gasteiger partial charge in [-0.05, 0) is 11.6 Å². The first-order valence-corrected chi connectivity index (χ1v) is 8.23. The number of hydrogen-bond donors (Lipinski definition) is 1. The topological polar surface area (TPSA) is 28.2 Å². The van der Waals surface area contributed by atoms with Crippen molar-refractivity contribution in [2.24, 2.45) is 0 Å². The molecule has 19 heavy (non-hydrogen) atoms. The zero-order valence-corrected chi connectivity index (χ0v) is 13.4. The van der Waals surface area contributed by atoms with E-state index in [2.05, 4.69) is 36.0 Å². The Morgan fingerprint density at radius 2 is 2.37 bits per heavy atom. The van der Waals surface area contributed by atoms with E-state index in [1.807, 2.05) is 24.0 Å². The molecule has 1 unspecified atom stereocenters. The van der Waals surface area contributed by atoms with E-state index in [1.165, 1.54) is 0 Å². The molecule has 1 aromatic rings. The number of nitrogens with zero attached hydrogens (tertiary/aromatic N) is 2. The molecular weight excluding hydrogens is 278 g/mol. The Bertz CT molecular complexity index is 425. The van der Waals surface area contributed by atoms with Gasteiger partial charge in [0.25, 0.3) is 0 Å². The van der Waals surface area contributed by atoms with Crippen LogP contribution >= 0.6 is 23.4 Å². The molecule has 1 aliphatic heterocycles. The summed E-state index contributed by atoms with van der Waals surface area (Å²) in [7, 11) is 0. The predicted molar refractivity (Wildman–Crippen MR) is 85.4 cm³/mol. The molecule has 0 radical (unpaired) electrons. The fraction of sp³-hybridized carbons (Fsp3) is 0.643. The summed E-state index contributed by atoms with van der Waals surface area (Å²) >= 11 is 8.40. The molecule has 106 valence electrons. The van der Waals surface area contributed by atoms with Gasteiger partial charge >= 0.3 is 0 Å². The van der Waals surface area contributed by atoms with Crippen molar-refractivity contribution in [2.45, 2.75) is 38.6 Å². The van der Waals surface area contributed by atoms with Crippen molar-refractivity contribution in [2.75, 3.05) is 23.7 Å². The molecule has 1 N–H and O–H groups in total. The van der Waals surface area contributed by atoms with E-state index in [0.717, 1.165) is 41.8 Å². The average molecular weight is 300 g/mol. The summed E-state index contributed by atoms with van der Waals surface area (Å²) in [5, 5.41) is 4.79. The van der Waals surface area contributed by atoms with Gasteiger partial charge in [-0.15, -0.1) is 0 Å². The SMILES string of the molecule is CC(C)NCc1cnc(N2CCSC(C)C2)c(Cl)c1. The van der Waals surface area contributed by atoms with Crippen LogP contribution in [-0.2, 0) is 6.54 Å². The summed E-state index contributed by atoms with van der Waals surface area (Å²) in [6, 6.07) is 2.50. The van der Waals surface area contributed by atoms with Crippen molar-refractivity contribution in [3.05, 3.63) is 22.8 Å². The fourth-order valence-corrected chi connectivity index (χ4v) is 3.45. The molecule has 0 aromatic carbocycles. The minimum atomic E-state index is 0.471. The highest BCUT2D eigenvalue weighted by atomic mass is 35.5. The number of aromatic nitrogens is 1. The van der Waals surface area contributed by atoms with E-state index in [1.54, 1.807) is 0 Å². The zero-order chi connectivity index (χ0) is 13.8. The normalized spacial score (nSPS) is 20.1. The van der Waals surface area contributed by atoms with Gasteiger partial charge in [0.15, 0.2) is 0 Å². The lowest BCUT2D eigenvalue weighted by Gasteiger charge is -2.32. The number of anilines is 1. The summed E-state index contributed by atoms with van der Waals surface area (Å²) in [6.45, 7) is 9.40. The van der Waals surface area contributed by atoms with Crippen molar-refractivity contribution >= 4 is 29.2 Å². The Morgan fingerprint density at radius 3 is 3.00 bits per heavy atom. The third kappa shape index (κ3) is 4.26. The van der Waals surface area contributed by atoms with Gasteiger partial charge in [-0.2, -0.15) is 11.8 Å². The van der Waals surface area contributed by atoms with Gasteiger partial charge in [-0.3, -0.25) is 0 Å². The first kappa shape index (κ1) is 14.9. The van der Waals surface area contributed by atoms with Crippen LogP contribution in [0, 0.1) is 0 Å². The van der Waals surface area contributed by atoms with Gasteiger partial charge in [0, 0.05) is 42.9 Å². The summed E-state index contributed by atoms with van der Waals surface area (Å²) in [4.78, 5) is 6.85. The Hall–Kier alpha value is -0.450. The van der Waals surface area contributed by atoms with Gasteiger partial charge in [0.05, 0.1) is 5.02 Å². The van der Waals surface area contributed by atoms with Crippen LogP contribution in [-0.4, -0.2) is 35.1 Å². The largest absolute Gasteiger partial charge is 0.353 e. The Morgan fingerprint density at radius 1 is 1.58 bits per heavy atom. The van der Waals surface area contributed by atoms with Crippen LogP contribution in [0.2, 0.25) is 5.02 Å². The van der Waals surface area contributed by atoms with Crippen LogP contribution in [0.25, 0.3) is 0 Å². The van der Waals surface area contributed by atoms with E-state index < -0.39 is 0 Å². The third-order valence-corrected chi connectivity index (χ3v) is 4.55. The number of rotatable bonds is 4. The van der Waals surface area contributed by atoms with Gasteiger partial charge in [-0.1, -0.05) is 32.4 Å². The summed E-state index contributed by atoms with van der Waals surface area (Å²) < 4.78 is 0. The third-order valence-electron chi connectivity index (χ3n) is 3.13. The molecule has 0 spiro atoms. The maximum absolute atomic E-state index is 6.39. The molecule has 1 saturated heterocycles. The van der Waals surface area contributed by atoms with Gasteiger partial charge in [0.1, 0.15) is 5.82 Å². The van der Waals surface area contributed by atoms with Crippen LogP contribution in [0.3, 0.4) is 0 Å². The number of halogens is 1. The standard InChI is InChI=1S/C14H22ClN3S/c1-10(2)16-7-12-6-13(15)14(17-8-12)18-4-5-19-11(3)9-18/h6,8,10-11,16H,4-5,7,9H2,1-3H3. The molecule has 1 fully saturated rings. The van der Waals surface area contributed by atoms with Crippen molar-refractivity contribution in [3.63, 3.8) is 0 Å². The maximum atomic E-state index is 6.39. The predicted octanol–water partition coefficient (Wildman–Crippen LogP) is 3.17. The Labute approximate surface area is 125 Å². The molecule has 2 rings (SSSR count). The molecule has 3 nitrogen and oxygen atoms in total. The smallest absolute Gasteiger partial charge is 0.147 e. The lowest BCUT2D eigenvalue weighted by atomic mass is 10.2. The van der Waals surface area contributed by atoms with Crippen LogP contribution < -0.4 is 10.2 Å². The second-order valence-electron chi connectivity index (χ2n) is 5.31. The molecule has 5 heteroatoms. The van der Waals surface area contributed by atoms with E-state index in [0.29, 0.717) is 11.3 Å². The molecule has 1 aliphatic rings. The summed E-state index contributed by atoms with van der Waals surface area (Å²) in [5.41, 5.74) is 1.14. The quantitative estimate of drug-likeness (QED) is 0.924. The van der Waals surface area contributed by atoms with Crippen LogP contribution in [0.1, 0.15) is 26.3 Å². The second-order valence-corrected chi connectivity index (χ2v) is 7.27. The van der Waals surface area contributed by atoms with E-state index in [-0.39, 0.29) is 0 Å². The number of hydrogen-bond acceptors (Lipinski definition) is 4. The number of nitrogens with one attached hydrogen (secondary N) is 1. The maximum Gasteiger partial charge on any atom is 0.147 e. The van der Waals surface area contributed by atoms with E-state index in [4.69, 9.17) is 11.6 Å². The first-order valence-electron chi connectivity index (χ1n) is 6.80. The number of thioether (sulfide) groups is 1. The molecule has 0 saturated carbocycles. The molecule has 1 aromatic heterocycles. The molecule has 2 heterocycles. The summed E-state index contributed by atoms with van der Waals surface area (Å²) in [6.07, 6.45) is 1.93. The fourth-order valence-electron chi connectivity index (χ4n) is 2.13. The molecular formula is C14H22ClN3S. The minimum absolute atomic E-state index is 0.471. The number of pyridine rings is 1. The van der Waals surface area contributed by atoms with Crippen LogP contribution in [0.4, 0.5) is 5.82 Å². The molecule has 0 amide bonds. The van der Waals surface area contributed by atoms with Crippen molar-refractivity contribution in [1.82, 2.24) is 10.3 Å². The van der Waals surface area contributed by atoms with Gasteiger partial charge in [-0.25, -0.2) is 4.98 Å². The monoisotopic (exact) mass is 299 g/mol. The highest BCUT2D eigenvalue weighted by Crippen LogP contribution is 2.28. The second kappa shape index (κ2) is 6.82. The van der Waals surface area contributed by atoms with E-state index in [9.17, 15) is 0 Å². The minimum Gasteiger partial charge on any atom is -0.353 e.